The van der Waals surface area contributed by atoms with Crippen LogP contribution in [0.15, 0.2) is 18.2 Å². The van der Waals surface area contributed by atoms with Gasteiger partial charge in [-0.2, -0.15) is 0 Å². The summed E-state index contributed by atoms with van der Waals surface area (Å²) < 4.78 is 5.03. The first-order chi connectivity index (χ1) is 11.0. The third-order valence-electron chi connectivity index (χ3n) is 3.61. The number of fused-ring (bicyclic) bond motifs is 1. The molecule has 8 heteroatoms. The molecule has 1 aromatic heterocycles. The van der Waals surface area contributed by atoms with Gasteiger partial charge in [-0.1, -0.05) is 23.2 Å². The molecule has 1 amide bonds. The second-order valence-corrected chi connectivity index (χ2v) is 5.94. The van der Waals surface area contributed by atoms with E-state index in [1.54, 1.807) is 30.2 Å². The van der Waals surface area contributed by atoms with Gasteiger partial charge in [-0.05, 0) is 18.2 Å². The number of rotatable bonds is 4. The Bertz CT molecular complexity index is 782. The van der Waals surface area contributed by atoms with Crippen molar-refractivity contribution in [1.29, 1.82) is 0 Å². The lowest BCUT2D eigenvalue weighted by Crippen LogP contribution is -2.27. The van der Waals surface area contributed by atoms with E-state index in [1.165, 1.54) is 0 Å². The van der Waals surface area contributed by atoms with Gasteiger partial charge >= 0.3 is 0 Å². The highest BCUT2D eigenvalue weighted by Crippen LogP contribution is 2.35. The average molecular weight is 353 g/mol. The van der Waals surface area contributed by atoms with Gasteiger partial charge in [0.05, 0.1) is 23.9 Å². The molecule has 120 valence electrons. The summed E-state index contributed by atoms with van der Waals surface area (Å²) >= 11 is 12.2. The van der Waals surface area contributed by atoms with Gasteiger partial charge < -0.3 is 15.4 Å². The number of anilines is 1. The summed E-state index contributed by atoms with van der Waals surface area (Å²) in [5.74, 6) is -0.149. The first kappa shape index (κ1) is 16.0. The molecule has 0 saturated carbocycles. The third-order valence-corrected chi connectivity index (χ3v) is 4.16. The van der Waals surface area contributed by atoms with Gasteiger partial charge in [0.25, 0.3) is 5.91 Å². The molecule has 0 unspecified atom stereocenters. The van der Waals surface area contributed by atoms with Crippen LogP contribution in [0.25, 0.3) is 11.3 Å². The lowest BCUT2D eigenvalue weighted by Gasteiger charge is -2.14. The minimum atomic E-state index is -0.183. The average Bonchev–Trinajstić information content (AvgIpc) is 2.81. The Morgan fingerprint density at radius 2 is 2.04 bits per heavy atom. The Morgan fingerprint density at radius 1 is 1.30 bits per heavy atom. The van der Waals surface area contributed by atoms with Crippen LogP contribution in [0.4, 0.5) is 5.95 Å². The SMILES string of the molecule is COCCN1Cc2c(nc(N)nc2-c2ccc(Cl)cc2Cl)C1=O. The van der Waals surface area contributed by atoms with E-state index in [1.807, 2.05) is 0 Å². The quantitative estimate of drug-likeness (QED) is 0.914. The van der Waals surface area contributed by atoms with Gasteiger partial charge in [-0.25, -0.2) is 9.97 Å². The smallest absolute Gasteiger partial charge is 0.273 e. The summed E-state index contributed by atoms with van der Waals surface area (Å²) in [7, 11) is 1.59. The fraction of sp³-hybridized carbons (Fsp3) is 0.267. The summed E-state index contributed by atoms with van der Waals surface area (Å²) in [4.78, 5) is 22.5. The van der Waals surface area contributed by atoms with Crippen molar-refractivity contribution in [1.82, 2.24) is 14.9 Å². The maximum Gasteiger partial charge on any atom is 0.273 e. The molecule has 0 saturated heterocycles. The van der Waals surface area contributed by atoms with Crippen LogP contribution in [-0.4, -0.2) is 41.0 Å². The summed E-state index contributed by atoms with van der Waals surface area (Å²) in [6.45, 7) is 1.31. The van der Waals surface area contributed by atoms with Gasteiger partial charge in [0.15, 0.2) is 0 Å². The number of nitrogens with zero attached hydrogens (tertiary/aromatic N) is 3. The van der Waals surface area contributed by atoms with E-state index in [0.29, 0.717) is 52.3 Å². The van der Waals surface area contributed by atoms with Gasteiger partial charge in [0.1, 0.15) is 5.69 Å². The molecule has 2 heterocycles. The van der Waals surface area contributed by atoms with Crippen LogP contribution in [0.3, 0.4) is 0 Å². The monoisotopic (exact) mass is 352 g/mol. The van der Waals surface area contributed by atoms with Crippen molar-refractivity contribution >= 4 is 35.1 Å². The Morgan fingerprint density at radius 3 is 2.74 bits per heavy atom. The number of nitrogen functional groups attached to an aromatic ring is 1. The van der Waals surface area contributed by atoms with Gasteiger partial charge in [0.2, 0.25) is 5.95 Å². The van der Waals surface area contributed by atoms with Crippen molar-refractivity contribution in [2.24, 2.45) is 0 Å². The van der Waals surface area contributed by atoms with E-state index in [9.17, 15) is 4.79 Å². The first-order valence-electron chi connectivity index (χ1n) is 6.91. The predicted octanol–water partition coefficient (Wildman–Crippen LogP) is 2.63. The van der Waals surface area contributed by atoms with Crippen LogP contribution in [0.5, 0.6) is 0 Å². The lowest BCUT2D eigenvalue weighted by atomic mass is 10.1. The summed E-state index contributed by atoms with van der Waals surface area (Å²) in [6.07, 6.45) is 0. The van der Waals surface area contributed by atoms with Crippen molar-refractivity contribution in [3.8, 4) is 11.3 Å². The van der Waals surface area contributed by atoms with E-state index in [2.05, 4.69) is 9.97 Å². The predicted molar refractivity (Wildman–Crippen MR) is 88.5 cm³/mol. The van der Waals surface area contributed by atoms with E-state index >= 15 is 0 Å². The molecule has 3 rings (SSSR count). The molecule has 0 bridgehead atoms. The number of hydrogen-bond acceptors (Lipinski definition) is 5. The highest BCUT2D eigenvalue weighted by atomic mass is 35.5. The number of carbonyl (C=O) groups is 1. The zero-order valence-electron chi connectivity index (χ0n) is 12.3. The van der Waals surface area contributed by atoms with Crippen LogP contribution in [0, 0.1) is 0 Å². The maximum atomic E-state index is 12.4. The fourth-order valence-corrected chi connectivity index (χ4v) is 3.02. The van der Waals surface area contributed by atoms with Gasteiger partial charge in [-0.15, -0.1) is 0 Å². The number of hydrogen-bond donors (Lipinski definition) is 1. The minimum Gasteiger partial charge on any atom is -0.383 e. The maximum absolute atomic E-state index is 12.4. The molecule has 0 radical (unpaired) electrons. The molecular weight excluding hydrogens is 339 g/mol. The normalized spacial score (nSPS) is 13.5. The number of aromatic nitrogens is 2. The van der Waals surface area contributed by atoms with E-state index in [-0.39, 0.29) is 11.9 Å². The number of halogens is 2. The number of methoxy groups -OCH3 is 1. The Balaban J connectivity index is 2.08. The van der Waals surface area contributed by atoms with Crippen molar-refractivity contribution in [3.63, 3.8) is 0 Å². The Hall–Kier alpha value is -1.89. The Labute approximate surface area is 143 Å². The third kappa shape index (κ3) is 2.97. The van der Waals surface area contributed by atoms with Crippen molar-refractivity contribution in [2.75, 3.05) is 26.0 Å². The molecule has 1 aliphatic heterocycles. The van der Waals surface area contributed by atoms with Crippen molar-refractivity contribution in [2.45, 2.75) is 6.54 Å². The number of amides is 1. The number of carbonyl (C=O) groups excluding carboxylic acids is 1. The van der Waals surface area contributed by atoms with Gasteiger partial charge in [-0.3, -0.25) is 4.79 Å². The lowest BCUT2D eigenvalue weighted by molar-refractivity contribution is 0.0715. The zero-order chi connectivity index (χ0) is 16.6. The molecule has 0 spiro atoms. The molecule has 0 atom stereocenters. The van der Waals surface area contributed by atoms with Crippen molar-refractivity contribution < 1.29 is 9.53 Å². The molecule has 23 heavy (non-hydrogen) atoms. The largest absolute Gasteiger partial charge is 0.383 e. The molecule has 0 aliphatic carbocycles. The van der Waals surface area contributed by atoms with Crippen molar-refractivity contribution in [3.05, 3.63) is 39.5 Å². The molecule has 1 aromatic carbocycles. The molecule has 0 fully saturated rings. The molecule has 6 nitrogen and oxygen atoms in total. The van der Waals surface area contributed by atoms with E-state index in [4.69, 9.17) is 33.7 Å². The van der Waals surface area contributed by atoms with Gasteiger partial charge in [0, 0.05) is 29.8 Å². The summed E-state index contributed by atoms with van der Waals surface area (Å²) in [5.41, 5.74) is 8.02. The second-order valence-electron chi connectivity index (χ2n) is 5.10. The van der Waals surface area contributed by atoms with Crippen LogP contribution in [0.1, 0.15) is 16.1 Å². The zero-order valence-corrected chi connectivity index (χ0v) is 13.9. The minimum absolute atomic E-state index is 0.0340. The van der Waals surface area contributed by atoms with E-state index in [0.717, 1.165) is 0 Å². The van der Waals surface area contributed by atoms with Crippen LogP contribution >= 0.6 is 23.2 Å². The number of benzene rings is 1. The highest BCUT2D eigenvalue weighted by molar-refractivity contribution is 6.36. The second kappa shape index (κ2) is 6.31. The molecule has 2 N–H and O–H groups in total. The standard InChI is InChI=1S/C15H14Cl2N4O2/c1-23-5-4-21-7-10-12(9-3-2-8(16)6-11(9)17)19-15(18)20-13(10)14(21)22/h2-3,6H,4-5,7H2,1H3,(H2,18,19,20). The fourth-order valence-electron chi connectivity index (χ4n) is 2.53. The van der Waals surface area contributed by atoms with Crippen LogP contribution in [-0.2, 0) is 11.3 Å². The summed E-state index contributed by atoms with van der Waals surface area (Å²) in [6, 6.07) is 5.10. The van der Waals surface area contributed by atoms with E-state index < -0.39 is 0 Å². The molecule has 2 aromatic rings. The topological polar surface area (TPSA) is 81.3 Å². The number of ether oxygens (including phenoxy) is 1. The van der Waals surface area contributed by atoms with Crippen LogP contribution in [0.2, 0.25) is 10.0 Å². The van der Waals surface area contributed by atoms with Crippen LogP contribution < -0.4 is 5.73 Å². The highest BCUT2D eigenvalue weighted by Gasteiger charge is 2.32. The Kier molecular flexibility index (Phi) is 4.39. The molecular formula is C15H14Cl2N4O2. The number of nitrogens with two attached hydrogens (primary N) is 1. The summed E-state index contributed by atoms with van der Waals surface area (Å²) in [5, 5.41) is 0.968. The first-order valence-corrected chi connectivity index (χ1v) is 7.67. The molecule has 1 aliphatic rings.